The number of benzene rings is 2. The maximum Gasteiger partial charge on any atom is 0.243 e. The van der Waals surface area contributed by atoms with Crippen LogP contribution in [0.2, 0.25) is 0 Å². The number of sulfonamides is 1. The number of carbonyl (C=O) groups excluding carboxylic acids is 1. The lowest BCUT2D eigenvalue weighted by molar-refractivity contribution is -0.116. The highest BCUT2D eigenvalue weighted by molar-refractivity contribution is 7.89. The molecule has 2 aliphatic rings. The number of allylic oxidation sites excluding steroid dienone is 1. The zero-order valence-corrected chi connectivity index (χ0v) is 18.1. The van der Waals surface area contributed by atoms with E-state index in [-0.39, 0.29) is 17.1 Å². The molecule has 1 aliphatic carbocycles. The summed E-state index contributed by atoms with van der Waals surface area (Å²) in [5.74, 6) is 1.11. The molecule has 30 heavy (non-hydrogen) atoms. The van der Waals surface area contributed by atoms with Gasteiger partial charge in [-0.25, -0.2) is 8.42 Å². The molecule has 1 aliphatic heterocycles. The number of aryl methyl sites for hydroxylation is 1. The molecular formula is C23H25NO5S. The number of rotatable bonds is 5. The molecule has 0 unspecified atom stereocenters. The van der Waals surface area contributed by atoms with Crippen LogP contribution in [-0.4, -0.2) is 45.3 Å². The fraction of sp³-hybridized carbons (Fsp3) is 0.348. The van der Waals surface area contributed by atoms with Gasteiger partial charge in [-0.3, -0.25) is 4.79 Å². The Balaban J connectivity index is 1.80. The average Bonchev–Trinajstić information content (AvgIpc) is 3.14. The standard InChI is InChI=1S/C23H25NO5S/c1-16-4-7-19(8-5-16)30(26,27)24-13-12-23(11-10-18(25)15-22(23)24)17-6-9-20(28-2)21(14-17)29-3/h4-11,14,22H,12-13,15H2,1-3H3/t22-,23-/m0/s1. The zero-order valence-electron chi connectivity index (χ0n) is 17.3. The van der Waals surface area contributed by atoms with E-state index in [1.54, 1.807) is 44.6 Å². The maximum atomic E-state index is 13.5. The quantitative estimate of drug-likeness (QED) is 0.733. The normalized spacial score (nSPS) is 24.0. The van der Waals surface area contributed by atoms with E-state index in [0.717, 1.165) is 11.1 Å². The zero-order chi connectivity index (χ0) is 21.5. The van der Waals surface area contributed by atoms with Gasteiger partial charge in [-0.15, -0.1) is 0 Å². The van der Waals surface area contributed by atoms with Gasteiger partial charge in [0, 0.05) is 24.4 Å². The van der Waals surface area contributed by atoms with Crippen LogP contribution in [0.15, 0.2) is 59.5 Å². The summed E-state index contributed by atoms with van der Waals surface area (Å²) in [6.45, 7) is 2.26. The summed E-state index contributed by atoms with van der Waals surface area (Å²) < 4.78 is 39.2. The van der Waals surface area contributed by atoms with Crippen LogP contribution in [0.1, 0.15) is 24.0 Å². The fourth-order valence-corrected chi connectivity index (χ4v) is 6.23. The summed E-state index contributed by atoms with van der Waals surface area (Å²) in [7, 11) is -0.591. The van der Waals surface area contributed by atoms with Crippen LogP contribution >= 0.6 is 0 Å². The highest BCUT2D eigenvalue weighted by atomic mass is 32.2. The average molecular weight is 428 g/mol. The van der Waals surface area contributed by atoms with Crippen molar-refractivity contribution in [2.45, 2.75) is 36.1 Å². The van der Waals surface area contributed by atoms with Crippen LogP contribution in [0, 0.1) is 6.92 Å². The van der Waals surface area contributed by atoms with Gasteiger partial charge in [0.05, 0.1) is 19.1 Å². The van der Waals surface area contributed by atoms with Crippen molar-refractivity contribution in [1.82, 2.24) is 4.31 Å². The van der Waals surface area contributed by atoms with Gasteiger partial charge in [0.15, 0.2) is 17.3 Å². The maximum absolute atomic E-state index is 13.5. The van der Waals surface area contributed by atoms with Crippen LogP contribution in [-0.2, 0) is 20.2 Å². The number of hydrogen-bond acceptors (Lipinski definition) is 5. The van der Waals surface area contributed by atoms with E-state index in [4.69, 9.17) is 9.47 Å². The molecule has 1 saturated heterocycles. The van der Waals surface area contributed by atoms with Crippen LogP contribution in [0.3, 0.4) is 0 Å². The van der Waals surface area contributed by atoms with E-state index >= 15 is 0 Å². The molecule has 0 aromatic heterocycles. The van der Waals surface area contributed by atoms with E-state index < -0.39 is 21.5 Å². The third-order valence-electron chi connectivity index (χ3n) is 6.20. The molecule has 7 heteroatoms. The lowest BCUT2D eigenvalue weighted by Gasteiger charge is -2.38. The highest BCUT2D eigenvalue weighted by Gasteiger charge is 2.53. The second-order valence-corrected chi connectivity index (χ2v) is 9.70. The van der Waals surface area contributed by atoms with E-state index in [2.05, 4.69) is 0 Å². The summed E-state index contributed by atoms with van der Waals surface area (Å²) in [6.07, 6.45) is 4.18. The summed E-state index contributed by atoms with van der Waals surface area (Å²) >= 11 is 0. The summed E-state index contributed by atoms with van der Waals surface area (Å²) in [5, 5.41) is 0. The van der Waals surface area contributed by atoms with Crippen LogP contribution in [0.5, 0.6) is 11.5 Å². The number of ether oxygens (including phenoxy) is 2. The third kappa shape index (κ3) is 3.22. The molecule has 1 heterocycles. The Kier molecular flexibility index (Phi) is 5.20. The molecule has 2 atom stereocenters. The Morgan fingerprint density at radius 3 is 2.40 bits per heavy atom. The lowest BCUT2D eigenvalue weighted by Crippen LogP contribution is -2.47. The second kappa shape index (κ2) is 7.56. The van der Waals surface area contributed by atoms with Gasteiger partial charge in [-0.2, -0.15) is 4.31 Å². The molecule has 0 bridgehead atoms. The van der Waals surface area contributed by atoms with Crippen molar-refractivity contribution in [3.63, 3.8) is 0 Å². The molecule has 1 fully saturated rings. The smallest absolute Gasteiger partial charge is 0.243 e. The molecule has 0 spiro atoms. The summed E-state index contributed by atoms with van der Waals surface area (Å²) in [4.78, 5) is 12.6. The van der Waals surface area contributed by atoms with E-state index in [1.807, 2.05) is 31.2 Å². The minimum absolute atomic E-state index is 0.0675. The first-order chi connectivity index (χ1) is 14.3. The molecule has 6 nitrogen and oxygen atoms in total. The Morgan fingerprint density at radius 1 is 1.03 bits per heavy atom. The van der Waals surface area contributed by atoms with Gasteiger partial charge < -0.3 is 9.47 Å². The molecule has 0 saturated carbocycles. The first-order valence-electron chi connectivity index (χ1n) is 9.85. The highest BCUT2D eigenvalue weighted by Crippen LogP contribution is 2.48. The van der Waals surface area contributed by atoms with Crippen molar-refractivity contribution >= 4 is 15.8 Å². The Morgan fingerprint density at radius 2 is 1.73 bits per heavy atom. The minimum atomic E-state index is -3.73. The number of nitrogens with zero attached hydrogens (tertiary/aromatic N) is 1. The summed E-state index contributed by atoms with van der Waals surface area (Å²) in [5.41, 5.74) is 1.31. The van der Waals surface area contributed by atoms with Crippen molar-refractivity contribution in [2.75, 3.05) is 20.8 Å². The number of hydrogen-bond donors (Lipinski definition) is 0. The molecule has 0 amide bonds. The van der Waals surface area contributed by atoms with Crippen molar-refractivity contribution in [1.29, 1.82) is 0 Å². The molecule has 2 aromatic carbocycles. The van der Waals surface area contributed by atoms with Gasteiger partial charge in [0.2, 0.25) is 10.0 Å². The number of carbonyl (C=O) groups is 1. The SMILES string of the molecule is COc1ccc([C@@]23C=CC(=O)C[C@@H]2N(S(=O)(=O)c2ccc(C)cc2)CC3)cc1OC. The molecular weight excluding hydrogens is 402 g/mol. The predicted molar refractivity (Wildman–Crippen MR) is 113 cm³/mol. The van der Waals surface area contributed by atoms with Crippen LogP contribution in [0.25, 0.3) is 0 Å². The van der Waals surface area contributed by atoms with Crippen molar-refractivity contribution in [2.24, 2.45) is 0 Å². The molecule has 158 valence electrons. The van der Waals surface area contributed by atoms with Crippen LogP contribution in [0.4, 0.5) is 0 Å². The molecule has 4 rings (SSSR count). The number of ketones is 1. The van der Waals surface area contributed by atoms with Crippen molar-refractivity contribution in [3.8, 4) is 11.5 Å². The monoisotopic (exact) mass is 427 g/mol. The van der Waals surface area contributed by atoms with Gasteiger partial charge >= 0.3 is 0 Å². The van der Waals surface area contributed by atoms with Crippen molar-refractivity contribution in [3.05, 3.63) is 65.7 Å². The molecule has 2 aromatic rings. The Hall–Kier alpha value is -2.64. The predicted octanol–water partition coefficient (Wildman–Crippen LogP) is 3.24. The van der Waals surface area contributed by atoms with Gasteiger partial charge in [0.25, 0.3) is 0 Å². The van der Waals surface area contributed by atoms with E-state index in [9.17, 15) is 13.2 Å². The lowest BCUT2D eigenvalue weighted by atomic mass is 9.70. The third-order valence-corrected chi connectivity index (χ3v) is 8.12. The topological polar surface area (TPSA) is 72.9 Å². The number of methoxy groups -OCH3 is 2. The first-order valence-corrected chi connectivity index (χ1v) is 11.3. The minimum Gasteiger partial charge on any atom is -0.493 e. The Bertz CT molecular complexity index is 1110. The number of fused-ring (bicyclic) bond motifs is 1. The van der Waals surface area contributed by atoms with Gasteiger partial charge in [-0.05, 0) is 49.2 Å². The largest absolute Gasteiger partial charge is 0.493 e. The van der Waals surface area contributed by atoms with Gasteiger partial charge in [-0.1, -0.05) is 29.8 Å². The first kappa shape index (κ1) is 20.6. The molecule has 0 radical (unpaired) electrons. The van der Waals surface area contributed by atoms with Crippen molar-refractivity contribution < 1.29 is 22.7 Å². The summed E-state index contributed by atoms with van der Waals surface area (Å²) in [6, 6.07) is 12.0. The van der Waals surface area contributed by atoms with Crippen LogP contribution < -0.4 is 9.47 Å². The second-order valence-electron chi connectivity index (χ2n) is 7.81. The van der Waals surface area contributed by atoms with E-state index in [1.165, 1.54) is 4.31 Å². The Labute approximate surface area is 177 Å². The fourth-order valence-electron chi connectivity index (χ4n) is 4.55. The molecule has 0 N–H and O–H groups in total. The van der Waals surface area contributed by atoms with E-state index in [0.29, 0.717) is 24.5 Å². The van der Waals surface area contributed by atoms with Gasteiger partial charge in [0.1, 0.15) is 0 Å².